The van der Waals surface area contributed by atoms with Crippen LogP contribution in [0.15, 0.2) is 12.1 Å². The van der Waals surface area contributed by atoms with Crippen molar-refractivity contribution in [2.24, 2.45) is 0 Å². The van der Waals surface area contributed by atoms with E-state index in [1.165, 1.54) is 35.1 Å². The Morgan fingerprint density at radius 2 is 1.83 bits per heavy atom. The maximum Gasteiger partial charge on any atom is 0.0469 e. The molecule has 1 fully saturated rings. The van der Waals surface area contributed by atoms with E-state index in [0.717, 1.165) is 12.6 Å². The average Bonchev–Trinajstić information content (AvgIpc) is 3.12. The van der Waals surface area contributed by atoms with Crippen LogP contribution in [0.3, 0.4) is 0 Å². The van der Waals surface area contributed by atoms with E-state index in [4.69, 9.17) is 0 Å². The summed E-state index contributed by atoms with van der Waals surface area (Å²) in [6.07, 6.45) is 2.71. The van der Waals surface area contributed by atoms with E-state index in [9.17, 15) is 0 Å². The van der Waals surface area contributed by atoms with Gasteiger partial charge in [0.1, 0.15) is 0 Å². The molecule has 1 aromatic rings. The molecule has 1 unspecified atom stereocenters. The van der Waals surface area contributed by atoms with Crippen molar-refractivity contribution in [2.75, 3.05) is 20.6 Å². The molecule has 100 valence electrons. The van der Waals surface area contributed by atoms with Crippen LogP contribution in [0.25, 0.3) is 0 Å². The third kappa shape index (κ3) is 2.93. The number of nitrogens with zero attached hydrogens (tertiary/aromatic N) is 1. The molecular formula is C16H26N2. The minimum atomic E-state index is 0.477. The first-order chi connectivity index (χ1) is 8.50. The number of likely N-dealkylation sites (N-methyl/N-ethyl adjacent to an activating group) is 1. The Kier molecular flexibility index (Phi) is 4.08. The van der Waals surface area contributed by atoms with Crippen molar-refractivity contribution in [1.82, 2.24) is 10.2 Å². The fourth-order valence-corrected chi connectivity index (χ4v) is 2.47. The molecule has 0 amide bonds. The average molecular weight is 246 g/mol. The largest absolute Gasteiger partial charge is 0.312 e. The molecule has 18 heavy (non-hydrogen) atoms. The van der Waals surface area contributed by atoms with Gasteiger partial charge in [0.25, 0.3) is 0 Å². The predicted octanol–water partition coefficient (Wildman–Crippen LogP) is 2.97. The van der Waals surface area contributed by atoms with E-state index in [2.05, 4.69) is 57.2 Å². The third-order valence-corrected chi connectivity index (χ3v) is 4.26. The summed E-state index contributed by atoms with van der Waals surface area (Å²) in [6, 6.07) is 5.81. The van der Waals surface area contributed by atoms with Gasteiger partial charge in [-0.2, -0.15) is 0 Å². The van der Waals surface area contributed by atoms with Crippen molar-refractivity contribution in [3.05, 3.63) is 34.4 Å². The number of benzene rings is 1. The zero-order valence-corrected chi connectivity index (χ0v) is 12.4. The van der Waals surface area contributed by atoms with E-state index >= 15 is 0 Å². The molecule has 0 radical (unpaired) electrons. The third-order valence-electron chi connectivity index (χ3n) is 4.26. The molecule has 1 N–H and O–H groups in total. The normalized spacial score (nSPS) is 17.2. The van der Waals surface area contributed by atoms with Crippen LogP contribution in [0.2, 0.25) is 0 Å². The van der Waals surface area contributed by atoms with Gasteiger partial charge in [-0.25, -0.2) is 0 Å². The molecule has 0 saturated heterocycles. The minimum absolute atomic E-state index is 0.477. The van der Waals surface area contributed by atoms with Gasteiger partial charge in [-0.1, -0.05) is 12.1 Å². The van der Waals surface area contributed by atoms with E-state index in [-0.39, 0.29) is 0 Å². The summed E-state index contributed by atoms with van der Waals surface area (Å²) in [5, 5.41) is 3.66. The SMILES string of the molecule is Cc1ccc(C(CNC2CC2)N(C)C)c(C)c1C. The van der Waals surface area contributed by atoms with Gasteiger partial charge in [0.15, 0.2) is 0 Å². The number of nitrogens with one attached hydrogen (secondary N) is 1. The maximum atomic E-state index is 3.66. The van der Waals surface area contributed by atoms with Crippen LogP contribution in [0.1, 0.15) is 41.1 Å². The molecule has 2 rings (SSSR count). The van der Waals surface area contributed by atoms with Crippen LogP contribution < -0.4 is 5.32 Å². The lowest BCUT2D eigenvalue weighted by Crippen LogP contribution is -2.32. The number of hydrogen-bond acceptors (Lipinski definition) is 2. The Bertz CT molecular complexity index is 419. The summed E-state index contributed by atoms with van der Waals surface area (Å²) < 4.78 is 0. The van der Waals surface area contributed by atoms with E-state index in [1.807, 2.05) is 0 Å². The predicted molar refractivity (Wildman–Crippen MR) is 78.1 cm³/mol. The fourth-order valence-electron chi connectivity index (χ4n) is 2.47. The second-order valence-electron chi connectivity index (χ2n) is 5.88. The highest BCUT2D eigenvalue weighted by Crippen LogP contribution is 2.27. The molecule has 0 bridgehead atoms. The van der Waals surface area contributed by atoms with E-state index < -0.39 is 0 Å². The fraction of sp³-hybridized carbons (Fsp3) is 0.625. The van der Waals surface area contributed by atoms with Crippen molar-refractivity contribution < 1.29 is 0 Å². The highest BCUT2D eigenvalue weighted by Gasteiger charge is 2.24. The van der Waals surface area contributed by atoms with Crippen LogP contribution in [0, 0.1) is 20.8 Å². The molecule has 1 atom stereocenters. The van der Waals surface area contributed by atoms with Gasteiger partial charge in [0.2, 0.25) is 0 Å². The first-order valence-electron chi connectivity index (χ1n) is 6.97. The quantitative estimate of drug-likeness (QED) is 0.859. The number of hydrogen-bond donors (Lipinski definition) is 1. The Balaban J connectivity index is 2.20. The van der Waals surface area contributed by atoms with Gasteiger partial charge >= 0.3 is 0 Å². The lowest BCUT2D eigenvalue weighted by atomic mass is 9.93. The van der Waals surface area contributed by atoms with Crippen LogP contribution in [-0.4, -0.2) is 31.6 Å². The van der Waals surface area contributed by atoms with E-state index in [1.54, 1.807) is 0 Å². The molecule has 1 aliphatic rings. The standard InChI is InChI=1S/C16H26N2/c1-11-6-9-15(13(3)12(11)2)16(18(4)5)10-17-14-7-8-14/h6,9,14,16-17H,7-8,10H2,1-5H3. The summed E-state index contributed by atoms with van der Waals surface area (Å²) in [5.41, 5.74) is 5.75. The van der Waals surface area contributed by atoms with Gasteiger partial charge in [-0.15, -0.1) is 0 Å². The smallest absolute Gasteiger partial charge is 0.0469 e. The Morgan fingerprint density at radius 3 is 2.39 bits per heavy atom. The topological polar surface area (TPSA) is 15.3 Å². The lowest BCUT2D eigenvalue weighted by Gasteiger charge is -2.27. The second-order valence-corrected chi connectivity index (χ2v) is 5.88. The van der Waals surface area contributed by atoms with Crippen molar-refractivity contribution >= 4 is 0 Å². The van der Waals surface area contributed by atoms with Gasteiger partial charge < -0.3 is 10.2 Å². The summed E-state index contributed by atoms with van der Waals surface area (Å²) in [7, 11) is 4.35. The Hall–Kier alpha value is -0.860. The van der Waals surface area contributed by atoms with Gasteiger partial charge in [0, 0.05) is 18.6 Å². The van der Waals surface area contributed by atoms with Crippen molar-refractivity contribution in [3.63, 3.8) is 0 Å². The van der Waals surface area contributed by atoms with Crippen molar-refractivity contribution in [2.45, 2.75) is 45.7 Å². The molecule has 1 saturated carbocycles. The first-order valence-corrected chi connectivity index (χ1v) is 6.97. The highest BCUT2D eigenvalue weighted by molar-refractivity contribution is 5.40. The minimum Gasteiger partial charge on any atom is -0.312 e. The second kappa shape index (κ2) is 5.41. The number of rotatable bonds is 5. The molecule has 0 heterocycles. The summed E-state index contributed by atoms with van der Waals surface area (Å²) >= 11 is 0. The molecular weight excluding hydrogens is 220 g/mol. The summed E-state index contributed by atoms with van der Waals surface area (Å²) in [5.74, 6) is 0. The molecule has 0 aliphatic heterocycles. The highest BCUT2D eigenvalue weighted by atomic mass is 15.1. The molecule has 1 aromatic carbocycles. The van der Waals surface area contributed by atoms with Crippen LogP contribution in [0.5, 0.6) is 0 Å². The van der Waals surface area contributed by atoms with Gasteiger partial charge in [0.05, 0.1) is 0 Å². The van der Waals surface area contributed by atoms with Gasteiger partial charge in [-0.3, -0.25) is 0 Å². The zero-order valence-electron chi connectivity index (χ0n) is 12.4. The molecule has 2 nitrogen and oxygen atoms in total. The molecule has 0 aromatic heterocycles. The van der Waals surface area contributed by atoms with Crippen LogP contribution >= 0.6 is 0 Å². The maximum absolute atomic E-state index is 3.66. The summed E-state index contributed by atoms with van der Waals surface area (Å²) in [6.45, 7) is 7.74. The van der Waals surface area contributed by atoms with E-state index in [0.29, 0.717) is 6.04 Å². The summed E-state index contributed by atoms with van der Waals surface area (Å²) in [4.78, 5) is 2.33. The van der Waals surface area contributed by atoms with Crippen molar-refractivity contribution in [3.8, 4) is 0 Å². The van der Waals surface area contributed by atoms with Crippen LogP contribution in [0.4, 0.5) is 0 Å². The van der Waals surface area contributed by atoms with Crippen LogP contribution in [-0.2, 0) is 0 Å². The van der Waals surface area contributed by atoms with Gasteiger partial charge in [-0.05, 0) is 70.0 Å². The molecule has 1 aliphatic carbocycles. The number of aryl methyl sites for hydroxylation is 1. The molecule has 2 heteroatoms. The Morgan fingerprint density at radius 1 is 1.17 bits per heavy atom. The zero-order chi connectivity index (χ0) is 13.3. The lowest BCUT2D eigenvalue weighted by molar-refractivity contribution is 0.287. The van der Waals surface area contributed by atoms with Crippen molar-refractivity contribution in [1.29, 1.82) is 0 Å². The first kappa shape index (κ1) is 13.6. The monoisotopic (exact) mass is 246 g/mol. The molecule has 0 spiro atoms. The Labute approximate surface area is 111 Å².